The van der Waals surface area contributed by atoms with Gasteiger partial charge in [-0.3, -0.25) is 9.69 Å². The molecule has 29 heavy (non-hydrogen) atoms. The highest BCUT2D eigenvalue weighted by Crippen LogP contribution is 2.32. The first-order chi connectivity index (χ1) is 14.1. The Labute approximate surface area is 170 Å². The lowest BCUT2D eigenvalue weighted by Crippen LogP contribution is -2.35. The van der Waals surface area contributed by atoms with Gasteiger partial charge >= 0.3 is 0 Å². The molecule has 0 bridgehead atoms. The number of fused-ring (bicyclic) bond motifs is 1. The van der Waals surface area contributed by atoms with E-state index >= 15 is 0 Å². The minimum absolute atomic E-state index is 0.180. The maximum atomic E-state index is 12.5. The quantitative estimate of drug-likeness (QED) is 0.796. The summed E-state index contributed by atoms with van der Waals surface area (Å²) < 4.78 is 10.6. The average Bonchev–Trinajstić information content (AvgIpc) is 3.06. The number of aliphatic hydroxyl groups excluding tert-OH is 1. The van der Waals surface area contributed by atoms with E-state index in [-0.39, 0.29) is 18.8 Å². The van der Waals surface area contributed by atoms with Gasteiger partial charge in [0.2, 0.25) is 6.79 Å². The summed E-state index contributed by atoms with van der Waals surface area (Å²) in [4.78, 5) is 21.6. The smallest absolute Gasteiger partial charge is 0.255 e. The Hall–Kier alpha value is -2.84. The predicted molar refractivity (Wildman–Crippen MR) is 110 cm³/mol. The molecular formula is C21H26N4O4. The third-order valence-electron chi connectivity index (χ3n) is 5.08. The van der Waals surface area contributed by atoms with E-state index in [9.17, 15) is 9.90 Å². The average molecular weight is 398 g/mol. The van der Waals surface area contributed by atoms with Gasteiger partial charge in [0, 0.05) is 31.7 Å². The summed E-state index contributed by atoms with van der Waals surface area (Å²) in [6.45, 7) is 6.36. The Morgan fingerprint density at radius 1 is 1.17 bits per heavy atom. The fourth-order valence-corrected chi connectivity index (χ4v) is 3.64. The molecule has 0 saturated carbocycles. The zero-order valence-corrected chi connectivity index (χ0v) is 16.5. The van der Waals surface area contributed by atoms with Crippen LogP contribution in [-0.2, 0) is 0 Å². The second kappa shape index (κ2) is 8.67. The highest BCUT2D eigenvalue weighted by molar-refractivity contribution is 6.04. The molecule has 1 atom stereocenters. The number of benzene rings is 1. The summed E-state index contributed by atoms with van der Waals surface area (Å²) in [5, 5.41) is 12.5. The van der Waals surface area contributed by atoms with Crippen LogP contribution in [0.1, 0.15) is 23.7 Å². The molecule has 2 aliphatic rings. The van der Waals surface area contributed by atoms with Gasteiger partial charge in [-0.2, -0.15) is 0 Å². The van der Waals surface area contributed by atoms with E-state index in [1.165, 1.54) is 0 Å². The SMILES string of the molecule is C[C@@H](O)CN1CCCN(c2ccc(NC(=O)c3ccc4c(c3)OCO4)cn2)CC1. The Kier molecular flexibility index (Phi) is 5.82. The van der Waals surface area contributed by atoms with E-state index in [0.717, 1.165) is 38.4 Å². The van der Waals surface area contributed by atoms with E-state index < -0.39 is 0 Å². The molecule has 1 saturated heterocycles. The van der Waals surface area contributed by atoms with Crippen LogP contribution in [-0.4, -0.2) is 66.5 Å². The lowest BCUT2D eigenvalue weighted by molar-refractivity contribution is 0.102. The number of amides is 1. The van der Waals surface area contributed by atoms with Crippen molar-refractivity contribution in [1.82, 2.24) is 9.88 Å². The van der Waals surface area contributed by atoms with Gasteiger partial charge in [0.1, 0.15) is 5.82 Å². The van der Waals surface area contributed by atoms with E-state index in [0.29, 0.717) is 29.3 Å². The van der Waals surface area contributed by atoms with Crippen molar-refractivity contribution in [3.8, 4) is 11.5 Å². The minimum Gasteiger partial charge on any atom is -0.454 e. The van der Waals surface area contributed by atoms with Crippen molar-refractivity contribution in [2.45, 2.75) is 19.4 Å². The third-order valence-corrected chi connectivity index (χ3v) is 5.08. The highest BCUT2D eigenvalue weighted by Gasteiger charge is 2.18. The molecule has 3 heterocycles. The van der Waals surface area contributed by atoms with Gasteiger partial charge in [-0.1, -0.05) is 0 Å². The van der Waals surface area contributed by atoms with Crippen LogP contribution < -0.4 is 19.7 Å². The Morgan fingerprint density at radius 2 is 2.03 bits per heavy atom. The summed E-state index contributed by atoms with van der Waals surface area (Å²) in [5.74, 6) is 1.90. The molecule has 1 amide bonds. The summed E-state index contributed by atoms with van der Waals surface area (Å²) in [6, 6.07) is 8.92. The lowest BCUT2D eigenvalue weighted by Gasteiger charge is -2.23. The number of pyridine rings is 1. The van der Waals surface area contributed by atoms with Crippen molar-refractivity contribution in [2.75, 3.05) is 49.7 Å². The van der Waals surface area contributed by atoms with Gasteiger partial charge in [-0.15, -0.1) is 0 Å². The molecule has 8 nitrogen and oxygen atoms in total. The molecule has 0 radical (unpaired) electrons. The highest BCUT2D eigenvalue weighted by atomic mass is 16.7. The standard InChI is InChI=1S/C21H26N4O4/c1-15(26)13-24-7-2-8-25(10-9-24)20-6-4-17(12-22-20)23-21(27)16-3-5-18-19(11-16)29-14-28-18/h3-6,11-12,15,26H,2,7-10,13-14H2,1H3,(H,23,27)/t15-/m1/s1. The largest absolute Gasteiger partial charge is 0.454 e. The molecule has 1 aromatic carbocycles. The van der Waals surface area contributed by atoms with Crippen LogP contribution in [0.4, 0.5) is 11.5 Å². The molecule has 2 aliphatic heterocycles. The maximum Gasteiger partial charge on any atom is 0.255 e. The molecule has 0 aliphatic carbocycles. The number of anilines is 2. The molecule has 2 aromatic rings. The normalized spacial score (nSPS) is 17.7. The van der Waals surface area contributed by atoms with Crippen molar-refractivity contribution in [2.24, 2.45) is 0 Å². The fourth-order valence-electron chi connectivity index (χ4n) is 3.64. The van der Waals surface area contributed by atoms with Gasteiger partial charge in [-0.05, 0) is 50.2 Å². The molecule has 0 unspecified atom stereocenters. The first kappa shape index (κ1) is 19.5. The molecule has 1 fully saturated rings. The number of nitrogens with one attached hydrogen (secondary N) is 1. The van der Waals surface area contributed by atoms with Crippen molar-refractivity contribution < 1.29 is 19.4 Å². The second-order valence-corrected chi connectivity index (χ2v) is 7.42. The van der Waals surface area contributed by atoms with Crippen molar-refractivity contribution in [1.29, 1.82) is 0 Å². The van der Waals surface area contributed by atoms with Crippen molar-refractivity contribution in [3.63, 3.8) is 0 Å². The predicted octanol–water partition coefficient (Wildman–Crippen LogP) is 1.96. The van der Waals surface area contributed by atoms with Crippen LogP contribution in [0.2, 0.25) is 0 Å². The molecule has 154 valence electrons. The number of aliphatic hydroxyl groups is 1. The van der Waals surface area contributed by atoms with Crippen molar-refractivity contribution in [3.05, 3.63) is 42.1 Å². The number of nitrogens with zero attached hydrogens (tertiary/aromatic N) is 3. The van der Waals surface area contributed by atoms with Crippen LogP contribution in [0.15, 0.2) is 36.5 Å². The van der Waals surface area contributed by atoms with Crippen LogP contribution in [0.5, 0.6) is 11.5 Å². The van der Waals surface area contributed by atoms with Gasteiger partial charge in [0.05, 0.1) is 18.0 Å². The van der Waals surface area contributed by atoms with E-state index in [4.69, 9.17) is 9.47 Å². The monoisotopic (exact) mass is 398 g/mol. The number of hydrogen-bond acceptors (Lipinski definition) is 7. The summed E-state index contributed by atoms with van der Waals surface area (Å²) in [7, 11) is 0. The summed E-state index contributed by atoms with van der Waals surface area (Å²) >= 11 is 0. The summed E-state index contributed by atoms with van der Waals surface area (Å²) in [6.07, 6.45) is 2.39. The molecule has 2 N–H and O–H groups in total. The van der Waals surface area contributed by atoms with Crippen LogP contribution in [0.3, 0.4) is 0 Å². The fraction of sp³-hybridized carbons (Fsp3) is 0.429. The topological polar surface area (TPSA) is 87.2 Å². The van der Waals surface area contributed by atoms with Gasteiger partial charge in [0.25, 0.3) is 5.91 Å². The first-order valence-corrected chi connectivity index (χ1v) is 9.91. The molecule has 4 rings (SSSR count). The number of hydrogen-bond donors (Lipinski definition) is 2. The minimum atomic E-state index is -0.313. The molecular weight excluding hydrogens is 372 g/mol. The Morgan fingerprint density at radius 3 is 2.83 bits per heavy atom. The summed E-state index contributed by atoms with van der Waals surface area (Å²) in [5.41, 5.74) is 1.14. The maximum absolute atomic E-state index is 12.5. The lowest BCUT2D eigenvalue weighted by atomic mass is 10.2. The molecule has 1 aromatic heterocycles. The Balaban J connectivity index is 1.36. The number of ether oxygens (including phenoxy) is 2. The number of carbonyl (C=O) groups excluding carboxylic acids is 1. The van der Waals surface area contributed by atoms with Crippen LogP contribution >= 0.6 is 0 Å². The zero-order valence-electron chi connectivity index (χ0n) is 16.5. The van der Waals surface area contributed by atoms with Crippen molar-refractivity contribution >= 4 is 17.4 Å². The number of aromatic nitrogens is 1. The number of carbonyl (C=O) groups is 1. The van der Waals surface area contributed by atoms with Gasteiger partial charge in [0.15, 0.2) is 11.5 Å². The van der Waals surface area contributed by atoms with E-state index in [2.05, 4.69) is 20.1 Å². The number of β-amino-alcohol motifs (C(OH)–C–C–N with tert-alkyl or cyclic N) is 1. The van der Waals surface area contributed by atoms with Crippen LogP contribution in [0.25, 0.3) is 0 Å². The van der Waals surface area contributed by atoms with E-state index in [1.807, 2.05) is 19.1 Å². The van der Waals surface area contributed by atoms with E-state index in [1.54, 1.807) is 24.4 Å². The van der Waals surface area contributed by atoms with Crippen LogP contribution in [0, 0.1) is 0 Å². The molecule has 8 heteroatoms. The second-order valence-electron chi connectivity index (χ2n) is 7.42. The Bertz CT molecular complexity index is 856. The van der Waals surface area contributed by atoms with Gasteiger partial charge in [-0.25, -0.2) is 4.98 Å². The molecule has 0 spiro atoms. The first-order valence-electron chi connectivity index (χ1n) is 9.91. The zero-order chi connectivity index (χ0) is 20.2. The van der Waals surface area contributed by atoms with Gasteiger partial charge < -0.3 is 24.8 Å². The number of rotatable bonds is 5. The third kappa shape index (κ3) is 4.78.